The number of hydroxylamine groups is 2. The Balaban J connectivity index is 2.21. The number of rotatable bonds is 2. The molecule has 0 aromatic heterocycles. The third-order valence-corrected chi connectivity index (χ3v) is 3.10. The van der Waals surface area contributed by atoms with Crippen LogP contribution >= 0.6 is 15.9 Å². The van der Waals surface area contributed by atoms with Gasteiger partial charge in [0, 0.05) is 16.5 Å². The largest absolute Gasteiger partial charge is 0.338 e. The first kappa shape index (κ1) is 12.1. The first-order valence-electron chi connectivity index (χ1n) is 5.43. The van der Waals surface area contributed by atoms with Crippen molar-refractivity contribution in [2.24, 2.45) is 0 Å². The summed E-state index contributed by atoms with van der Waals surface area (Å²) in [7, 11) is 0. The van der Waals surface area contributed by atoms with Crippen LogP contribution in [0.25, 0.3) is 0 Å². The maximum atomic E-state index is 12.0. The van der Waals surface area contributed by atoms with E-state index in [4.69, 9.17) is 4.84 Å². The standard InChI is InChI=1S/C12H12BrNO3/c1-2-11(15)17-14-6-5-8-7-9(13)3-4-10(8)12(14)16/h3-4,7H,2,5-6H2,1H3. The van der Waals surface area contributed by atoms with Crippen LogP contribution in [0.4, 0.5) is 0 Å². The van der Waals surface area contributed by atoms with Gasteiger partial charge in [0.05, 0.1) is 6.54 Å². The number of carbonyl (C=O) groups excluding carboxylic acids is 2. The fraction of sp³-hybridized carbons (Fsp3) is 0.333. The van der Waals surface area contributed by atoms with Gasteiger partial charge in [0.1, 0.15) is 0 Å². The van der Waals surface area contributed by atoms with Crippen molar-refractivity contribution in [3.63, 3.8) is 0 Å². The van der Waals surface area contributed by atoms with E-state index < -0.39 is 0 Å². The fourth-order valence-corrected chi connectivity index (χ4v) is 2.12. The zero-order valence-electron chi connectivity index (χ0n) is 9.40. The second kappa shape index (κ2) is 4.87. The average molecular weight is 298 g/mol. The van der Waals surface area contributed by atoms with Crippen molar-refractivity contribution in [2.75, 3.05) is 6.54 Å². The number of nitrogens with zero attached hydrogens (tertiary/aromatic N) is 1. The van der Waals surface area contributed by atoms with E-state index in [-0.39, 0.29) is 18.3 Å². The summed E-state index contributed by atoms with van der Waals surface area (Å²) in [5.74, 6) is -0.639. The molecule has 1 aliphatic heterocycles. The van der Waals surface area contributed by atoms with Gasteiger partial charge in [0.2, 0.25) is 0 Å². The van der Waals surface area contributed by atoms with Crippen LogP contribution in [0, 0.1) is 0 Å². The van der Waals surface area contributed by atoms with E-state index in [2.05, 4.69) is 15.9 Å². The second-order valence-corrected chi connectivity index (χ2v) is 4.69. The lowest BCUT2D eigenvalue weighted by atomic mass is 10.0. The molecule has 0 aliphatic carbocycles. The van der Waals surface area contributed by atoms with Crippen LogP contribution in [0.3, 0.4) is 0 Å². The molecule has 5 heteroatoms. The summed E-state index contributed by atoms with van der Waals surface area (Å²) in [5, 5.41) is 1.14. The predicted octanol–water partition coefficient (Wildman–Crippen LogP) is 2.32. The highest BCUT2D eigenvalue weighted by molar-refractivity contribution is 9.10. The van der Waals surface area contributed by atoms with Gasteiger partial charge in [0.15, 0.2) is 0 Å². The lowest BCUT2D eigenvalue weighted by Crippen LogP contribution is -2.39. The summed E-state index contributed by atoms with van der Waals surface area (Å²) in [6.45, 7) is 2.11. The molecule has 1 heterocycles. The van der Waals surface area contributed by atoms with E-state index in [0.29, 0.717) is 18.5 Å². The molecule has 1 aromatic carbocycles. The van der Waals surface area contributed by atoms with E-state index in [1.807, 2.05) is 12.1 Å². The van der Waals surface area contributed by atoms with Gasteiger partial charge in [-0.2, -0.15) is 5.06 Å². The molecule has 90 valence electrons. The Morgan fingerprint density at radius 2 is 2.29 bits per heavy atom. The summed E-state index contributed by atoms with van der Waals surface area (Å²) >= 11 is 3.37. The van der Waals surface area contributed by atoms with Crippen LogP contribution < -0.4 is 0 Å². The Morgan fingerprint density at radius 3 is 3.00 bits per heavy atom. The van der Waals surface area contributed by atoms with Gasteiger partial charge in [0.25, 0.3) is 5.91 Å². The van der Waals surface area contributed by atoms with E-state index in [9.17, 15) is 9.59 Å². The summed E-state index contributed by atoms with van der Waals surface area (Å²) in [6, 6.07) is 5.47. The van der Waals surface area contributed by atoms with E-state index >= 15 is 0 Å². The van der Waals surface area contributed by atoms with Crippen molar-refractivity contribution in [3.05, 3.63) is 33.8 Å². The highest BCUT2D eigenvalue weighted by Gasteiger charge is 2.26. The van der Waals surface area contributed by atoms with Crippen LogP contribution in [0.1, 0.15) is 29.3 Å². The normalized spacial score (nSPS) is 14.5. The number of halogens is 1. The first-order valence-corrected chi connectivity index (χ1v) is 6.22. The van der Waals surface area contributed by atoms with Gasteiger partial charge in [-0.3, -0.25) is 4.79 Å². The van der Waals surface area contributed by atoms with Gasteiger partial charge in [-0.1, -0.05) is 22.9 Å². The van der Waals surface area contributed by atoms with Crippen LogP contribution in [-0.4, -0.2) is 23.5 Å². The summed E-state index contributed by atoms with van der Waals surface area (Å²) in [4.78, 5) is 28.2. The molecule has 17 heavy (non-hydrogen) atoms. The van der Waals surface area contributed by atoms with Crippen molar-refractivity contribution < 1.29 is 14.4 Å². The molecule has 1 aliphatic rings. The monoisotopic (exact) mass is 297 g/mol. The number of hydrogen-bond acceptors (Lipinski definition) is 3. The Kier molecular flexibility index (Phi) is 3.47. The lowest BCUT2D eigenvalue weighted by molar-refractivity contribution is -0.178. The van der Waals surface area contributed by atoms with Crippen LogP contribution in [0.5, 0.6) is 0 Å². The quantitative estimate of drug-likeness (QED) is 0.842. The fourth-order valence-electron chi connectivity index (χ4n) is 1.71. The molecule has 0 spiro atoms. The van der Waals surface area contributed by atoms with Crippen LogP contribution in [0.15, 0.2) is 22.7 Å². The minimum atomic E-state index is -0.390. The number of amides is 1. The maximum Gasteiger partial charge on any atom is 0.332 e. The Hall–Kier alpha value is -1.36. The molecule has 1 aromatic rings. The van der Waals surface area contributed by atoms with Gasteiger partial charge in [-0.15, -0.1) is 0 Å². The molecule has 1 amide bonds. The minimum absolute atomic E-state index is 0.249. The molecule has 0 bridgehead atoms. The SMILES string of the molecule is CCC(=O)ON1CCc2cc(Br)ccc2C1=O. The van der Waals surface area contributed by atoms with E-state index in [0.717, 1.165) is 15.1 Å². The van der Waals surface area contributed by atoms with Crippen molar-refractivity contribution in [2.45, 2.75) is 19.8 Å². The first-order chi connectivity index (χ1) is 8.11. The molecule has 0 unspecified atom stereocenters. The van der Waals surface area contributed by atoms with E-state index in [1.54, 1.807) is 13.0 Å². The molecule has 0 radical (unpaired) electrons. The van der Waals surface area contributed by atoms with E-state index in [1.165, 1.54) is 0 Å². The van der Waals surface area contributed by atoms with Crippen molar-refractivity contribution in [3.8, 4) is 0 Å². The smallest absolute Gasteiger partial charge is 0.332 e. The summed E-state index contributed by atoms with van der Waals surface area (Å²) in [6.07, 6.45) is 0.953. The Bertz CT molecular complexity index is 473. The average Bonchev–Trinajstić information content (AvgIpc) is 2.32. The summed E-state index contributed by atoms with van der Waals surface area (Å²) in [5.41, 5.74) is 1.58. The zero-order chi connectivity index (χ0) is 12.4. The third kappa shape index (κ3) is 2.49. The second-order valence-electron chi connectivity index (χ2n) is 3.78. The highest BCUT2D eigenvalue weighted by Crippen LogP contribution is 2.23. The van der Waals surface area contributed by atoms with Crippen molar-refractivity contribution in [1.82, 2.24) is 5.06 Å². The molecule has 0 saturated heterocycles. The van der Waals surface area contributed by atoms with Crippen LogP contribution in [-0.2, 0) is 16.1 Å². The third-order valence-electron chi connectivity index (χ3n) is 2.61. The Labute approximate surface area is 108 Å². The van der Waals surface area contributed by atoms with Crippen molar-refractivity contribution >= 4 is 27.8 Å². The van der Waals surface area contributed by atoms with Crippen LogP contribution in [0.2, 0.25) is 0 Å². The number of carbonyl (C=O) groups is 2. The maximum absolute atomic E-state index is 12.0. The highest BCUT2D eigenvalue weighted by atomic mass is 79.9. The zero-order valence-corrected chi connectivity index (χ0v) is 11.0. The minimum Gasteiger partial charge on any atom is -0.338 e. The molecule has 0 atom stereocenters. The summed E-state index contributed by atoms with van der Waals surface area (Å²) < 4.78 is 0.947. The van der Waals surface area contributed by atoms with Gasteiger partial charge in [-0.25, -0.2) is 4.79 Å². The molecule has 4 nitrogen and oxygen atoms in total. The number of fused-ring (bicyclic) bond motifs is 1. The predicted molar refractivity (Wildman–Crippen MR) is 65.3 cm³/mol. The Morgan fingerprint density at radius 1 is 1.53 bits per heavy atom. The lowest BCUT2D eigenvalue weighted by Gasteiger charge is -2.26. The molecule has 0 saturated carbocycles. The topological polar surface area (TPSA) is 46.6 Å². The molecule has 2 rings (SSSR count). The van der Waals surface area contributed by atoms with Gasteiger partial charge in [-0.05, 0) is 30.2 Å². The molecular formula is C12H12BrNO3. The molecule has 0 N–H and O–H groups in total. The molecular weight excluding hydrogens is 286 g/mol. The number of hydrogen-bond donors (Lipinski definition) is 0. The molecule has 0 fully saturated rings. The van der Waals surface area contributed by atoms with Gasteiger partial charge >= 0.3 is 5.97 Å². The number of benzene rings is 1. The van der Waals surface area contributed by atoms with Crippen molar-refractivity contribution in [1.29, 1.82) is 0 Å². The van der Waals surface area contributed by atoms with Gasteiger partial charge < -0.3 is 4.84 Å².